The maximum absolute atomic E-state index is 11.9. The first-order valence-electron chi connectivity index (χ1n) is 5.18. The lowest BCUT2D eigenvalue weighted by Crippen LogP contribution is -2.43. The summed E-state index contributed by atoms with van der Waals surface area (Å²) in [7, 11) is 0. The fourth-order valence-electron chi connectivity index (χ4n) is 3.52. The summed E-state index contributed by atoms with van der Waals surface area (Å²) in [5.74, 6) is 0.952. The third-order valence-electron chi connectivity index (χ3n) is 4.17. The van der Waals surface area contributed by atoms with Crippen LogP contribution in [0.5, 0.6) is 0 Å². The van der Waals surface area contributed by atoms with Gasteiger partial charge in [0.1, 0.15) is 0 Å². The predicted molar refractivity (Wildman–Crippen MR) is 46.4 cm³/mol. The molecule has 0 amide bonds. The summed E-state index contributed by atoms with van der Waals surface area (Å²) in [5, 5.41) is 0. The van der Waals surface area contributed by atoms with Gasteiger partial charge in [0.05, 0.1) is 0 Å². The van der Waals surface area contributed by atoms with Crippen molar-refractivity contribution in [3.05, 3.63) is 12.2 Å². The molecule has 2 saturated carbocycles. The van der Waals surface area contributed by atoms with Gasteiger partial charge in [-0.15, -0.1) is 0 Å². The van der Waals surface area contributed by atoms with Crippen LogP contribution in [0, 0.1) is 23.7 Å². The topological polar surface area (TPSA) is 46.7 Å². The Morgan fingerprint density at radius 1 is 1.00 bits per heavy atom. The van der Waals surface area contributed by atoms with Crippen LogP contribution in [0.4, 0.5) is 0 Å². The Morgan fingerprint density at radius 2 is 1.50 bits per heavy atom. The Balaban J connectivity index is 1.84. The number of rotatable bonds is 0. The SMILES string of the molecule is O=C1[C@H]2[C@H](C(=O)[C@H]3O[C@H]13)[C@@H]1C=C[C@@H]2C1. The van der Waals surface area contributed by atoms with Gasteiger partial charge < -0.3 is 4.74 Å². The lowest BCUT2D eigenvalue weighted by molar-refractivity contribution is -0.135. The zero-order chi connectivity index (χ0) is 9.45. The van der Waals surface area contributed by atoms with Crippen LogP contribution in [-0.4, -0.2) is 23.8 Å². The molecule has 6 atom stereocenters. The van der Waals surface area contributed by atoms with Gasteiger partial charge in [-0.25, -0.2) is 0 Å². The van der Waals surface area contributed by atoms with Crippen molar-refractivity contribution in [3.8, 4) is 0 Å². The maximum Gasteiger partial charge on any atom is 0.169 e. The molecular formula is C11H10O3. The van der Waals surface area contributed by atoms with E-state index in [0.29, 0.717) is 11.8 Å². The summed E-state index contributed by atoms with van der Waals surface area (Å²) in [4.78, 5) is 23.7. The van der Waals surface area contributed by atoms with Crippen LogP contribution in [0.25, 0.3) is 0 Å². The van der Waals surface area contributed by atoms with Crippen molar-refractivity contribution in [1.29, 1.82) is 0 Å². The van der Waals surface area contributed by atoms with Crippen molar-refractivity contribution >= 4 is 11.6 Å². The van der Waals surface area contributed by atoms with E-state index in [-0.39, 0.29) is 35.6 Å². The number of carbonyl (C=O) groups is 2. The highest BCUT2D eigenvalue weighted by atomic mass is 16.6. The highest BCUT2D eigenvalue weighted by Gasteiger charge is 2.66. The van der Waals surface area contributed by atoms with E-state index in [0.717, 1.165) is 6.42 Å². The molecule has 0 radical (unpaired) electrons. The average Bonchev–Trinajstić information content (AvgIpc) is 2.74. The minimum absolute atomic E-state index is 0.0405. The van der Waals surface area contributed by atoms with Crippen LogP contribution in [0.3, 0.4) is 0 Å². The van der Waals surface area contributed by atoms with Gasteiger partial charge in [-0.1, -0.05) is 12.2 Å². The molecule has 0 aromatic rings. The van der Waals surface area contributed by atoms with E-state index < -0.39 is 0 Å². The van der Waals surface area contributed by atoms with Crippen molar-refractivity contribution in [2.24, 2.45) is 23.7 Å². The second-order valence-electron chi connectivity index (χ2n) is 4.78. The minimum Gasteiger partial charge on any atom is -0.353 e. The summed E-state index contributed by atoms with van der Waals surface area (Å²) >= 11 is 0. The van der Waals surface area contributed by atoms with E-state index in [2.05, 4.69) is 12.2 Å². The van der Waals surface area contributed by atoms with Crippen LogP contribution >= 0.6 is 0 Å². The third-order valence-corrected chi connectivity index (χ3v) is 4.17. The van der Waals surface area contributed by atoms with E-state index in [4.69, 9.17) is 4.74 Å². The van der Waals surface area contributed by atoms with Gasteiger partial charge in [-0.3, -0.25) is 9.59 Å². The molecule has 3 heteroatoms. The third kappa shape index (κ3) is 0.630. The second-order valence-corrected chi connectivity index (χ2v) is 4.78. The summed E-state index contributed by atoms with van der Waals surface area (Å²) in [6.07, 6.45) is 4.50. The van der Waals surface area contributed by atoms with Crippen LogP contribution in [0.2, 0.25) is 0 Å². The van der Waals surface area contributed by atoms with Gasteiger partial charge in [-0.05, 0) is 18.3 Å². The number of hydrogen-bond acceptors (Lipinski definition) is 3. The molecule has 0 N–H and O–H groups in total. The van der Waals surface area contributed by atoms with Gasteiger partial charge >= 0.3 is 0 Å². The molecule has 0 aromatic carbocycles. The van der Waals surface area contributed by atoms with Crippen LogP contribution in [0.15, 0.2) is 12.2 Å². The number of ether oxygens (including phenoxy) is 1. The Labute approximate surface area is 81.1 Å². The molecule has 1 saturated heterocycles. The quantitative estimate of drug-likeness (QED) is 0.409. The van der Waals surface area contributed by atoms with E-state index in [1.807, 2.05) is 0 Å². The van der Waals surface area contributed by atoms with E-state index in [1.54, 1.807) is 0 Å². The van der Waals surface area contributed by atoms with Crippen molar-refractivity contribution in [3.63, 3.8) is 0 Å². The molecule has 3 aliphatic carbocycles. The molecule has 4 aliphatic rings. The summed E-state index contributed by atoms with van der Waals surface area (Å²) in [6.45, 7) is 0. The van der Waals surface area contributed by atoms with Gasteiger partial charge in [0, 0.05) is 11.8 Å². The number of Topliss-reactive ketones (excluding diaryl/α,β-unsaturated/α-hetero) is 2. The van der Waals surface area contributed by atoms with Gasteiger partial charge in [0.2, 0.25) is 0 Å². The summed E-state index contributed by atoms with van der Waals surface area (Å²) in [5.41, 5.74) is 0. The van der Waals surface area contributed by atoms with Gasteiger partial charge in [0.25, 0.3) is 0 Å². The Kier molecular flexibility index (Phi) is 1.05. The number of allylic oxidation sites excluding steroid dienone is 2. The molecule has 1 aliphatic heterocycles. The molecule has 3 fully saturated rings. The second kappa shape index (κ2) is 2.01. The van der Waals surface area contributed by atoms with Crippen LogP contribution in [-0.2, 0) is 14.3 Å². The largest absolute Gasteiger partial charge is 0.353 e. The fourth-order valence-corrected chi connectivity index (χ4v) is 3.52. The van der Waals surface area contributed by atoms with Crippen molar-refractivity contribution < 1.29 is 14.3 Å². The van der Waals surface area contributed by atoms with E-state index in [9.17, 15) is 9.59 Å². The van der Waals surface area contributed by atoms with Crippen molar-refractivity contribution in [1.82, 2.24) is 0 Å². The van der Waals surface area contributed by atoms with E-state index >= 15 is 0 Å². The molecule has 72 valence electrons. The molecule has 4 rings (SSSR count). The molecule has 0 spiro atoms. The lowest BCUT2D eigenvalue weighted by Gasteiger charge is -2.27. The maximum atomic E-state index is 11.9. The fraction of sp³-hybridized carbons (Fsp3) is 0.636. The lowest BCUT2D eigenvalue weighted by atomic mass is 9.72. The van der Waals surface area contributed by atoms with Crippen molar-refractivity contribution in [2.75, 3.05) is 0 Å². The van der Waals surface area contributed by atoms with Crippen LogP contribution in [0.1, 0.15) is 6.42 Å². The van der Waals surface area contributed by atoms with Crippen molar-refractivity contribution in [2.45, 2.75) is 18.6 Å². The zero-order valence-corrected chi connectivity index (χ0v) is 7.55. The summed E-state index contributed by atoms with van der Waals surface area (Å²) in [6, 6.07) is 0. The number of fused-ring (bicyclic) bond motifs is 6. The zero-order valence-electron chi connectivity index (χ0n) is 7.55. The molecule has 0 aromatic heterocycles. The first-order chi connectivity index (χ1) is 6.77. The molecule has 0 unspecified atom stereocenters. The van der Waals surface area contributed by atoms with Crippen LogP contribution < -0.4 is 0 Å². The average molecular weight is 190 g/mol. The Bertz CT molecular complexity index is 350. The summed E-state index contributed by atoms with van der Waals surface area (Å²) < 4.78 is 5.14. The standard InChI is InChI=1S/C11H10O3/c12-8-6-4-1-2-5(3-4)7(6)9(13)11-10(8)14-11/h1-2,4-7,10-11H,3H2/t4-,5-,6-,7-,10-,11-/m1/s1. The molecular weight excluding hydrogens is 180 g/mol. The highest BCUT2D eigenvalue weighted by Crippen LogP contribution is 2.54. The highest BCUT2D eigenvalue weighted by molar-refractivity contribution is 6.06. The smallest absolute Gasteiger partial charge is 0.169 e. The number of hydrogen-bond donors (Lipinski definition) is 0. The number of ketones is 2. The minimum atomic E-state index is -0.364. The van der Waals surface area contributed by atoms with Gasteiger partial charge in [0.15, 0.2) is 23.8 Å². The van der Waals surface area contributed by atoms with Gasteiger partial charge in [-0.2, -0.15) is 0 Å². The first kappa shape index (κ1) is 7.35. The first-order valence-corrected chi connectivity index (χ1v) is 5.18. The normalized spacial score (nSPS) is 57.4. The molecule has 3 nitrogen and oxygen atoms in total. The monoisotopic (exact) mass is 190 g/mol. The molecule has 2 bridgehead atoms. The predicted octanol–water partition coefficient (Wildman–Crippen LogP) is 0.344. The molecule has 1 heterocycles. The number of epoxide rings is 1. The Morgan fingerprint density at radius 3 is 2.00 bits per heavy atom. The molecule has 14 heavy (non-hydrogen) atoms. The van der Waals surface area contributed by atoms with E-state index in [1.165, 1.54) is 0 Å². The number of carbonyl (C=O) groups excluding carboxylic acids is 2. The Hall–Kier alpha value is -0.960.